The molecule has 2 saturated heterocycles. The van der Waals surface area contributed by atoms with E-state index in [1.54, 1.807) is 0 Å². The van der Waals surface area contributed by atoms with Crippen LogP contribution in [0.4, 0.5) is 0 Å². The molecule has 0 radical (unpaired) electrons. The van der Waals surface area contributed by atoms with Crippen molar-refractivity contribution >= 4 is 15.3 Å². The van der Waals surface area contributed by atoms with Crippen LogP contribution in [0.2, 0.25) is 0 Å². The molecule has 3 heterocycles. The van der Waals surface area contributed by atoms with E-state index in [9.17, 15) is 5.11 Å². The Kier molecular flexibility index (Phi) is 5.95. The summed E-state index contributed by atoms with van der Waals surface area (Å²) in [4.78, 5) is 0. The van der Waals surface area contributed by atoms with Crippen molar-refractivity contribution < 1.29 is 28.8 Å². The van der Waals surface area contributed by atoms with E-state index in [2.05, 4.69) is 54.4 Å². The van der Waals surface area contributed by atoms with Gasteiger partial charge in [-0.1, -0.05) is 35.6 Å². The van der Waals surface area contributed by atoms with Gasteiger partial charge in [-0.05, 0) is 97.1 Å². The fourth-order valence-electron chi connectivity index (χ4n) is 10.5. The van der Waals surface area contributed by atoms with E-state index in [1.807, 2.05) is 16.8 Å². The van der Waals surface area contributed by atoms with Crippen LogP contribution in [0.15, 0.2) is 36.0 Å². The molecule has 2 unspecified atom stereocenters. The van der Waals surface area contributed by atoms with Gasteiger partial charge in [0, 0.05) is 11.6 Å². The number of fused-ring (bicyclic) bond motifs is 8. The Morgan fingerprint density at radius 2 is 1.95 bits per heavy atom. The molecule has 5 fully saturated rings. The van der Waals surface area contributed by atoms with Crippen LogP contribution in [0.1, 0.15) is 57.7 Å². The molecule has 4 aliphatic carbocycles. The summed E-state index contributed by atoms with van der Waals surface area (Å²) < 4.78 is 32.2. The summed E-state index contributed by atoms with van der Waals surface area (Å²) in [6, 6.07) is 8.08. The third kappa shape index (κ3) is 3.46. The zero-order chi connectivity index (χ0) is 28.2. The van der Waals surface area contributed by atoms with Crippen molar-refractivity contribution in [1.29, 1.82) is 0 Å². The van der Waals surface area contributed by atoms with Crippen LogP contribution in [0.5, 0.6) is 5.75 Å². The number of nitrogens with zero attached hydrogens (tertiary/aromatic N) is 2. The Bertz CT molecular complexity index is 1380. The molecule has 8 nitrogen and oxygen atoms in total. The van der Waals surface area contributed by atoms with Crippen molar-refractivity contribution in [1.82, 2.24) is 9.78 Å². The average Bonchev–Trinajstić information content (AvgIpc) is 3.72. The van der Waals surface area contributed by atoms with Crippen molar-refractivity contribution in [3.8, 4) is 11.4 Å². The maximum atomic E-state index is 12.2. The van der Waals surface area contributed by atoms with Gasteiger partial charge in [-0.15, -0.1) is 0 Å². The quantitative estimate of drug-likeness (QED) is 0.516. The number of benzene rings is 1. The molecule has 0 amide bonds. The van der Waals surface area contributed by atoms with Crippen LogP contribution in [-0.2, 0) is 25.4 Å². The third-order valence-corrected chi connectivity index (χ3v) is 12.2. The number of aliphatic hydroxyl groups is 1. The molecule has 9 heteroatoms. The highest BCUT2D eigenvalue weighted by atomic mass is 31.0. The normalized spacial score (nSPS) is 44.4. The van der Waals surface area contributed by atoms with Gasteiger partial charge in [-0.3, -0.25) is 0 Å². The van der Waals surface area contributed by atoms with Crippen LogP contribution in [0.3, 0.4) is 0 Å². The largest absolute Gasteiger partial charge is 0.490 e. The lowest BCUT2D eigenvalue weighted by molar-refractivity contribution is -0.258. The molecule has 1 N–H and O–H groups in total. The first-order chi connectivity index (χ1) is 19.7. The fraction of sp³-hybridized carbons (Fsp3) is 0.656. The van der Waals surface area contributed by atoms with E-state index < -0.39 is 17.5 Å². The third-order valence-electron chi connectivity index (χ3n) is 12.0. The molecule has 1 aromatic heterocycles. The monoisotopic (exact) mass is 580 g/mol. The van der Waals surface area contributed by atoms with Crippen molar-refractivity contribution in [2.45, 2.75) is 70.4 Å². The molecule has 0 bridgehead atoms. The minimum atomic E-state index is -0.869. The van der Waals surface area contributed by atoms with Crippen LogP contribution in [-0.4, -0.2) is 58.9 Å². The highest BCUT2D eigenvalue weighted by Gasteiger charge is 2.77. The summed E-state index contributed by atoms with van der Waals surface area (Å²) in [6.45, 7) is 7.95. The van der Waals surface area contributed by atoms with E-state index >= 15 is 0 Å². The average molecular weight is 581 g/mol. The SMILES string of the molecule is C[C@H]1C[C@@H]2[C@H]([C@@H](O)C[C@@]3(C)[C@H]2CC[C@@]32OCOC23COCO3)[C@@]2(C)Cc3cn(-c4ccc(OCP)cc4)nc3C=C12. The maximum absolute atomic E-state index is 12.2. The maximum Gasteiger partial charge on any atom is 0.226 e. The first-order valence-corrected chi connectivity index (χ1v) is 16.0. The Hall–Kier alpha value is -1.80. The zero-order valence-corrected chi connectivity index (χ0v) is 25.3. The second kappa shape index (κ2) is 9.10. The lowest BCUT2D eigenvalue weighted by atomic mass is 9.43. The molecule has 6 aliphatic rings. The van der Waals surface area contributed by atoms with E-state index in [4.69, 9.17) is 28.8 Å². The minimum Gasteiger partial charge on any atom is -0.490 e. The van der Waals surface area contributed by atoms with Crippen molar-refractivity contribution in [3.63, 3.8) is 0 Å². The number of aromatic nitrogens is 2. The van der Waals surface area contributed by atoms with E-state index in [1.165, 1.54) is 11.1 Å². The van der Waals surface area contributed by atoms with Crippen LogP contribution in [0.25, 0.3) is 11.8 Å². The zero-order valence-electron chi connectivity index (χ0n) is 24.2. The van der Waals surface area contributed by atoms with Gasteiger partial charge in [0.15, 0.2) is 13.6 Å². The highest BCUT2D eigenvalue weighted by molar-refractivity contribution is 7.16. The van der Waals surface area contributed by atoms with Gasteiger partial charge in [-0.25, -0.2) is 4.68 Å². The van der Waals surface area contributed by atoms with E-state index in [0.717, 1.165) is 42.8 Å². The highest BCUT2D eigenvalue weighted by Crippen LogP contribution is 2.72. The predicted octanol–water partition coefficient (Wildman–Crippen LogP) is 4.93. The first-order valence-electron chi connectivity index (χ1n) is 15.2. The number of hydrogen-bond donors (Lipinski definition) is 1. The number of hydrogen-bond acceptors (Lipinski definition) is 7. The van der Waals surface area contributed by atoms with Gasteiger partial charge < -0.3 is 28.8 Å². The smallest absolute Gasteiger partial charge is 0.226 e. The standard InChI is InChI=1S/C32H41N2O6P/c1-19-10-23-24-8-9-31(32(40-17-38-31)15-36-16-39-32)30(24,3)13-27(35)28(23)29(2)12-20-14-34(33-26(20)11-25(19)29)21-4-6-22(7-5-21)37-18-41/h4-7,11,14,19,23-24,27-28,35H,8-10,12-13,15-18,41H2,1-3H3/t19-,23-,24-,27-,28+,29-,30-,31+,32?/m0/s1. The van der Waals surface area contributed by atoms with Crippen LogP contribution >= 0.6 is 9.24 Å². The van der Waals surface area contributed by atoms with E-state index in [-0.39, 0.29) is 30.3 Å². The van der Waals surface area contributed by atoms with Gasteiger partial charge >= 0.3 is 0 Å². The van der Waals surface area contributed by atoms with Gasteiger partial charge in [0.1, 0.15) is 24.3 Å². The number of rotatable bonds is 3. The minimum absolute atomic E-state index is 0.131. The molecule has 2 aliphatic heterocycles. The Labute approximate surface area is 243 Å². The predicted molar refractivity (Wildman–Crippen MR) is 155 cm³/mol. The fourth-order valence-corrected chi connectivity index (χ4v) is 10.7. The molecule has 2 aromatic rings. The number of aliphatic hydroxyl groups excluding tert-OH is 1. The Balaban J connectivity index is 1.13. The molecular formula is C32H41N2O6P. The summed E-state index contributed by atoms with van der Waals surface area (Å²) in [5, 5.41) is 17.2. The molecule has 3 saturated carbocycles. The second-order valence-electron chi connectivity index (χ2n) is 13.7. The second-order valence-corrected chi connectivity index (χ2v) is 14.1. The molecule has 220 valence electrons. The Morgan fingerprint density at radius 1 is 1.15 bits per heavy atom. The molecule has 2 spiro atoms. The molecule has 41 heavy (non-hydrogen) atoms. The van der Waals surface area contributed by atoms with E-state index in [0.29, 0.717) is 37.1 Å². The molecule has 8 rings (SSSR count). The van der Waals surface area contributed by atoms with Gasteiger partial charge in [0.25, 0.3) is 0 Å². The van der Waals surface area contributed by atoms with Crippen molar-refractivity contribution in [3.05, 3.63) is 47.3 Å². The molecule has 10 atom stereocenters. The number of allylic oxidation sites excluding steroid dienone is 1. The number of ether oxygens (including phenoxy) is 5. The van der Waals surface area contributed by atoms with Gasteiger partial charge in [0.05, 0.1) is 17.5 Å². The molecular weight excluding hydrogens is 539 g/mol. The lowest BCUT2D eigenvalue weighted by Gasteiger charge is -2.62. The summed E-state index contributed by atoms with van der Waals surface area (Å²) in [7, 11) is 2.58. The lowest BCUT2D eigenvalue weighted by Crippen LogP contribution is -2.66. The topological polar surface area (TPSA) is 84.2 Å². The summed E-state index contributed by atoms with van der Waals surface area (Å²) in [5.41, 5.74) is 3.79. The summed E-state index contributed by atoms with van der Waals surface area (Å²) in [5.74, 6) is 1.38. The summed E-state index contributed by atoms with van der Waals surface area (Å²) >= 11 is 0. The summed E-state index contributed by atoms with van der Waals surface area (Å²) in [6.07, 6.45) is 9.21. The van der Waals surface area contributed by atoms with Gasteiger partial charge in [-0.2, -0.15) is 5.10 Å². The van der Waals surface area contributed by atoms with Crippen LogP contribution < -0.4 is 4.74 Å². The first kappa shape index (κ1) is 26.8. The van der Waals surface area contributed by atoms with Gasteiger partial charge in [0.2, 0.25) is 5.79 Å². The van der Waals surface area contributed by atoms with Crippen molar-refractivity contribution in [2.24, 2.45) is 34.5 Å². The van der Waals surface area contributed by atoms with Crippen LogP contribution in [0, 0.1) is 34.5 Å². The Morgan fingerprint density at radius 3 is 2.71 bits per heavy atom. The molecule has 1 aromatic carbocycles. The van der Waals surface area contributed by atoms with Crippen molar-refractivity contribution in [2.75, 3.05) is 26.5 Å².